The number of pyridine rings is 1. The van der Waals surface area contributed by atoms with E-state index in [1.807, 2.05) is 25.1 Å². The highest BCUT2D eigenvalue weighted by atomic mass is 35.5. The molecule has 4 rings (SSSR count). The molecular formula is C23H21ClN4O3. The van der Waals surface area contributed by atoms with Crippen LogP contribution in [0.5, 0.6) is 0 Å². The van der Waals surface area contributed by atoms with Gasteiger partial charge in [-0.1, -0.05) is 29.8 Å². The summed E-state index contributed by atoms with van der Waals surface area (Å²) in [4.78, 5) is 29.0. The van der Waals surface area contributed by atoms with Crippen LogP contribution in [0.2, 0.25) is 5.02 Å². The number of aryl methyl sites for hydroxylation is 1. The van der Waals surface area contributed by atoms with Crippen molar-refractivity contribution in [1.29, 1.82) is 0 Å². The smallest absolute Gasteiger partial charge is 0.287 e. The summed E-state index contributed by atoms with van der Waals surface area (Å²) in [6.07, 6.45) is 5.29. The molecule has 2 heterocycles. The van der Waals surface area contributed by atoms with Crippen molar-refractivity contribution in [2.24, 2.45) is 5.10 Å². The summed E-state index contributed by atoms with van der Waals surface area (Å²) in [7, 11) is 0. The van der Waals surface area contributed by atoms with Gasteiger partial charge in [-0.15, -0.1) is 0 Å². The standard InChI is InChI=1S/C23H21ClN4O3/c1-14-20-18(27-28-22(29)16-7-5-11-25-12-16)9-4-10-19(20)31-21(14)23(30)26-13-15-6-2-3-8-17(15)24/h2-3,5-8,11-12H,4,9-10,13H2,1H3,(H,26,30)(H,28,29)/b27-18+. The quantitative estimate of drug-likeness (QED) is 0.590. The van der Waals surface area contributed by atoms with Gasteiger partial charge in [0.05, 0.1) is 11.3 Å². The minimum atomic E-state index is -0.341. The molecule has 2 N–H and O–H groups in total. The molecule has 8 heteroatoms. The van der Waals surface area contributed by atoms with Crippen molar-refractivity contribution in [1.82, 2.24) is 15.7 Å². The molecule has 0 radical (unpaired) electrons. The zero-order valence-corrected chi connectivity index (χ0v) is 17.7. The topological polar surface area (TPSA) is 96.6 Å². The molecule has 0 aliphatic heterocycles. The molecule has 1 aliphatic rings. The summed E-state index contributed by atoms with van der Waals surface area (Å²) < 4.78 is 5.89. The van der Waals surface area contributed by atoms with Gasteiger partial charge in [0.25, 0.3) is 11.8 Å². The molecule has 0 fully saturated rings. The second kappa shape index (κ2) is 9.14. The van der Waals surface area contributed by atoms with E-state index in [1.54, 1.807) is 24.4 Å². The number of hydrazone groups is 1. The van der Waals surface area contributed by atoms with Crippen molar-refractivity contribution < 1.29 is 14.0 Å². The zero-order valence-electron chi connectivity index (χ0n) is 16.9. The molecule has 31 heavy (non-hydrogen) atoms. The maximum absolute atomic E-state index is 12.8. The Hall–Kier alpha value is -3.45. The van der Waals surface area contributed by atoms with Crippen molar-refractivity contribution in [3.8, 4) is 0 Å². The number of nitrogens with one attached hydrogen (secondary N) is 2. The first-order chi connectivity index (χ1) is 15.0. The number of carbonyl (C=O) groups is 2. The van der Waals surface area contributed by atoms with Crippen molar-refractivity contribution in [3.05, 3.63) is 87.6 Å². The molecule has 2 aromatic heterocycles. The first kappa shape index (κ1) is 20.8. The van der Waals surface area contributed by atoms with E-state index in [1.165, 1.54) is 6.20 Å². The van der Waals surface area contributed by atoms with Gasteiger partial charge in [-0.05, 0) is 43.5 Å². The van der Waals surface area contributed by atoms with E-state index < -0.39 is 0 Å². The van der Waals surface area contributed by atoms with Crippen LogP contribution in [0.4, 0.5) is 0 Å². The molecule has 0 saturated carbocycles. The van der Waals surface area contributed by atoms with Crippen LogP contribution >= 0.6 is 11.6 Å². The summed E-state index contributed by atoms with van der Waals surface area (Å²) in [6, 6.07) is 10.7. The molecule has 1 aromatic carbocycles. The fraction of sp³-hybridized carbons (Fsp3) is 0.217. The third-order valence-electron chi connectivity index (χ3n) is 5.15. The van der Waals surface area contributed by atoms with Gasteiger partial charge >= 0.3 is 0 Å². The van der Waals surface area contributed by atoms with Gasteiger partial charge in [-0.3, -0.25) is 14.6 Å². The van der Waals surface area contributed by atoms with Gasteiger partial charge in [0.2, 0.25) is 0 Å². The highest BCUT2D eigenvalue weighted by Crippen LogP contribution is 2.30. The number of fused-ring (bicyclic) bond motifs is 1. The lowest BCUT2D eigenvalue weighted by Gasteiger charge is -2.13. The average molecular weight is 437 g/mol. The summed E-state index contributed by atoms with van der Waals surface area (Å²) >= 11 is 6.16. The molecule has 0 atom stereocenters. The van der Waals surface area contributed by atoms with Crippen molar-refractivity contribution in [2.75, 3.05) is 0 Å². The molecule has 158 valence electrons. The lowest BCUT2D eigenvalue weighted by molar-refractivity contribution is 0.0919. The van der Waals surface area contributed by atoms with Crippen molar-refractivity contribution in [2.45, 2.75) is 32.7 Å². The Labute approximate surface area is 184 Å². The van der Waals surface area contributed by atoms with Crippen LogP contribution in [-0.2, 0) is 13.0 Å². The Morgan fingerprint density at radius 2 is 2.00 bits per heavy atom. The first-order valence-electron chi connectivity index (χ1n) is 9.95. The number of rotatable bonds is 5. The minimum Gasteiger partial charge on any atom is -0.455 e. The molecule has 0 bridgehead atoms. The monoisotopic (exact) mass is 436 g/mol. The van der Waals surface area contributed by atoms with Crippen LogP contribution in [0, 0.1) is 6.92 Å². The number of hydrogen-bond acceptors (Lipinski definition) is 5. The maximum atomic E-state index is 12.8. The van der Waals surface area contributed by atoms with Crippen LogP contribution in [-0.4, -0.2) is 22.5 Å². The van der Waals surface area contributed by atoms with Gasteiger partial charge < -0.3 is 9.73 Å². The van der Waals surface area contributed by atoms with Gasteiger partial charge in [0.1, 0.15) is 5.76 Å². The Balaban J connectivity index is 1.52. The number of furan rings is 1. The van der Waals surface area contributed by atoms with E-state index in [9.17, 15) is 9.59 Å². The Morgan fingerprint density at radius 3 is 2.77 bits per heavy atom. The van der Waals surface area contributed by atoms with Crippen LogP contribution in [0.25, 0.3) is 0 Å². The normalized spacial score (nSPS) is 14.2. The largest absolute Gasteiger partial charge is 0.455 e. The van der Waals surface area contributed by atoms with Gasteiger partial charge in [-0.2, -0.15) is 5.10 Å². The first-order valence-corrected chi connectivity index (χ1v) is 10.3. The van der Waals surface area contributed by atoms with Gasteiger partial charge in [0, 0.05) is 41.5 Å². The lowest BCUT2D eigenvalue weighted by Crippen LogP contribution is -2.23. The molecule has 1 aliphatic carbocycles. The number of hydrogen-bond donors (Lipinski definition) is 2. The summed E-state index contributed by atoms with van der Waals surface area (Å²) in [5.41, 5.74) is 6.03. The van der Waals surface area contributed by atoms with Crippen LogP contribution in [0.3, 0.4) is 0 Å². The van der Waals surface area contributed by atoms with E-state index in [-0.39, 0.29) is 17.6 Å². The van der Waals surface area contributed by atoms with Crippen molar-refractivity contribution in [3.63, 3.8) is 0 Å². The lowest BCUT2D eigenvalue weighted by atomic mass is 9.93. The molecule has 0 saturated heterocycles. The van der Waals surface area contributed by atoms with E-state index in [0.717, 1.165) is 17.5 Å². The Morgan fingerprint density at radius 1 is 1.16 bits per heavy atom. The van der Waals surface area contributed by atoms with Crippen LogP contribution in [0.15, 0.2) is 58.3 Å². The minimum absolute atomic E-state index is 0.255. The number of benzene rings is 1. The fourth-order valence-corrected chi connectivity index (χ4v) is 3.78. The molecule has 0 spiro atoms. The summed E-state index contributed by atoms with van der Waals surface area (Å²) in [5, 5.41) is 7.77. The van der Waals surface area contributed by atoms with Gasteiger partial charge in [-0.25, -0.2) is 5.43 Å². The van der Waals surface area contributed by atoms with Crippen LogP contribution in [0.1, 0.15) is 56.2 Å². The molecule has 3 aromatic rings. The predicted octanol–water partition coefficient (Wildman–Crippen LogP) is 4.04. The Bertz CT molecular complexity index is 1150. The molecule has 7 nitrogen and oxygen atoms in total. The Kier molecular flexibility index (Phi) is 6.13. The predicted molar refractivity (Wildman–Crippen MR) is 117 cm³/mol. The SMILES string of the molecule is Cc1c(C(=O)NCc2ccccc2Cl)oc2c1/C(=N/NC(=O)c1cccnc1)CCC2. The third kappa shape index (κ3) is 4.51. The summed E-state index contributed by atoms with van der Waals surface area (Å²) in [5.74, 6) is 0.309. The van der Waals surface area contributed by atoms with E-state index >= 15 is 0 Å². The second-order valence-electron chi connectivity index (χ2n) is 7.22. The van der Waals surface area contributed by atoms with E-state index in [0.29, 0.717) is 47.0 Å². The number of nitrogens with zero attached hydrogens (tertiary/aromatic N) is 2. The number of amides is 2. The highest BCUT2D eigenvalue weighted by Gasteiger charge is 2.28. The fourth-order valence-electron chi connectivity index (χ4n) is 3.57. The van der Waals surface area contributed by atoms with Crippen molar-refractivity contribution >= 4 is 29.1 Å². The number of halogens is 1. The van der Waals surface area contributed by atoms with Crippen LogP contribution < -0.4 is 10.7 Å². The molecule has 0 unspecified atom stereocenters. The summed E-state index contributed by atoms with van der Waals surface area (Å²) in [6.45, 7) is 2.13. The number of aromatic nitrogens is 1. The highest BCUT2D eigenvalue weighted by molar-refractivity contribution is 6.31. The average Bonchev–Trinajstić information content (AvgIpc) is 3.14. The van der Waals surface area contributed by atoms with E-state index in [4.69, 9.17) is 16.0 Å². The maximum Gasteiger partial charge on any atom is 0.287 e. The third-order valence-corrected chi connectivity index (χ3v) is 5.51. The van der Waals surface area contributed by atoms with E-state index in [2.05, 4.69) is 20.8 Å². The molecule has 2 amide bonds. The second-order valence-corrected chi connectivity index (χ2v) is 7.63. The zero-order chi connectivity index (χ0) is 21.8. The number of carbonyl (C=O) groups excluding carboxylic acids is 2. The van der Waals surface area contributed by atoms with Gasteiger partial charge in [0.15, 0.2) is 5.76 Å². The molecular weight excluding hydrogens is 416 g/mol.